The lowest BCUT2D eigenvalue weighted by molar-refractivity contribution is -0.137. The molecule has 2 aliphatic heterocycles. The van der Waals surface area contributed by atoms with E-state index in [1.807, 2.05) is 6.07 Å². The molecule has 3 fully saturated rings. The first-order valence-corrected chi connectivity index (χ1v) is 14.2. The van der Waals surface area contributed by atoms with Gasteiger partial charge < -0.3 is 30.1 Å². The molecule has 1 aromatic carbocycles. The number of cyclic esters (lactones) is 1. The van der Waals surface area contributed by atoms with E-state index in [9.17, 15) is 18.0 Å². The predicted molar refractivity (Wildman–Crippen MR) is 148 cm³/mol. The van der Waals surface area contributed by atoms with Crippen LogP contribution in [0.4, 0.5) is 41.1 Å². The first kappa shape index (κ1) is 28.3. The number of ether oxygens (including phenoxy) is 1. The number of hydrogen-bond acceptors (Lipinski definition) is 8. The van der Waals surface area contributed by atoms with Crippen molar-refractivity contribution in [1.82, 2.24) is 19.8 Å². The zero-order chi connectivity index (χ0) is 28.1. The fourth-order valence-electron chi connectivity index (χ4n) is 5.68. The van der Waals surface area contributed by atoms with E-state index in [0.29, 0.717) is 32.0 Å². The Hall–Kier alpha value is -3.28. The SMILES string of the molecule is CN1CCN(c2ccc(Nc3ncc(C(F)(F)F)c(NCCCN4CCCOC4=O)n3)c(C3CCCC3)c2)CC1. The fourth-order valence-corrected chi connectivity index (χ4v) is 5.68. The van der Waals surface area contributed by atoms with Crippen molar-refractivity contribution in [3.63, 3.8) is 0 Å². The molecule has 0 spiro atoms. The largest absolute Gasteiger partial charge is 0.449 e. The Morgan fingerprint density at radius 2 is 1.85 bits per heavy atom. The van der Waals surface area contributed by atoms with Gasteiger partial charge in [0.25, 0.3) is 0 Å². The van der Waals surface area contributed by atoms with Gasteiger partial charge in [-0.25, -0.2) is 9.78 Å². The highest BCUT2D eigenvalue weighted by atomic mass is 19.4. The Balaban J connectivity index is 1.32. The first-order chi connectivity index (χ1) is 19.3. The Bertz CT molecular complexity index is 1170. The number of alkyl halides is 3. The summed E-state index contributed by atoms with van der Waals surface area (Å²) in [4.78, 5) is 26.4. The highest BCUT2D eigenvalue weighted by Crippen LogP contribution is 2.41. The molecule has 0 unspecified atom stereocenters. The molecule has 5 rings (SSSR count). The number of nitrogens with zero attached hydrogens (tertiary/aromatic N) is 5. The minimum Gasteiger partial charge on any atom is -0.449 e. The lowest BCUT2D eigenvalue weighted by Crippen LogP contribution is -2.44. The van der Waals surface area contributed by atoms with Gasteiger partial charge in [0.15, 0.2) is 0 Å². The number of aromatic nitrogens is 2. The third-order valence-electron chi connectivity index (χ3n) is 7.99. The van der Waals surface area contributed by atoms with Crippen molar-refractivity contribution in [3.05, 3.63) is 35.5 Å². The standard InChI is InChI=1S/C28H38F3N7O2/c1-36-13-15-37(16-14-36)21-8-9-24(22(18-21)20-6-2-3-7-20)34-26-33-19-23(28(29,30)31)25(35-26)32-10-4-11-38-12-5-17-40-27(38)39/h8-9,18-20H,2-7,10-17H2,1H3,(H2,32,33,34,35). The average Bonchev–Trinajstić information content (AvgIpc) is 3.47. The Labute approximate surface area is 233 Å². The topological polar surface area (TPSA) is 85.9 Å². The van der Waals surface area contributed by atoms with E-state index in [1.165, 1.54) is 24.1 Å². The predicted octanol–water partition coefficient (Wildman–Crippen LogP) is 5.29. The van der Waals surface area contributed by atoms with Crippen LogP contribution in [0.5, 0.6) is 0 Å². The molecule has 1 amide bonds. The number of anilines is 4. The summed E-state index contributed by atoms with van der Waals surface area (Å²) < 4.78 is 46.3. The highest BCUT2D eigenvalue weighted by molar-refractivity contribution is 5.68. The molecule has 3 aliphatic rings. The second-order valence-corrected chi connectivity index (χ2v) is 10.9. The normalized spacial score (nSPS) is 19.1. The number of hydrogen-bond donors (Lipinski definition) is 2. The second-order valence-electron chi connectivity index (χ2n) is 10.9. The quantitative estimate of drug-likeness (QED) is 0.400. The molecule has 2 aromatic rings. The summed E-state index contributed by atoms with van der Waals surface area (Å²) in [7, 11) is 2.13. The highest BCUT2D eigenvalue weighted by Gasteiger charge is 2.35. The van der Waals surface area contributed by atoms with Gasteiger partial charge in [-0.2, -0.15) is 18.2 Å². The zero-order valence-corrected chi connectivity index (χ0v) is 23.0. The van der Waals surface area contributed by atoms with Crippen molar-refractivity contribution in [2.75, 3.05) is 75.0 Å². The number of nitrogens with one attached hydrogen (secondary N) is 2. The van der Waals surface area contributed by atoms with Crippen LogP contribution in [-0.2, 0) is 10.9 Å². The van der Waals surface area contributed by atoms with Gasteiger partial charge in [0.05, 0.1) is 6.61 Å². The van der Waals surface area contributed by atoms with E-state index >= 15 is 0 Å². The van der Waals surface area contributed by atoms with Crippen molar-refractivity contribution in [1.29, 1.82) is 0 Å². The second kappa shape index (κ2) is 12.5. The summed E-state index contributed by atoms with van der Waals surface area (Å²) in [6.07, 6.45) is 1.57. The van der Waals surface area contributed by atoms with Crippen LogP contribution in [0.15, 0.2) is 24.4 Å². The molecule has 0 atom stereocenters. The van der Waals surface area contributed by atoms with Crippen molar-refractivity contribution in [2.24, 2.45) is 0 Å². The molecule has 12 heteroatoms. The monoisotopic (exact) mass is 561 g/mol. The van der Waals surface area contributed by atoms with Crippen molar-refractivity contribution in [2.45, 2.75) is 50.6 Å². The molecular weight excluding hydrogens is 523 g/mol. The van der Waals surface area contributed by atoms with E-state index in [2.05, 4.69) is 49.6 Å². The molecule has 9 nitrogen and oxygen atoms in total. The molecule has 0 radical (unpaired) electrons. The van der Waals surface area contributed by atoms with E-state index in [-0.39, 0.29) is 24.4 Å². The van der Waals surface area contributed by atoms with E-state index < -0.39 is 11.7 Å². The molecular formula is C28H38F3N7O2. The van der Waals surface area contributed by atoms with Crippen LogP contribution in [0, 0.1) is 0 Å². The van der Waals surface area contributed by atoms with Gasteiger partial charge in [0.2, 0.25) is 5.95 Å². The molecule has 1 saturated carbocycles. The average molecular weight is 562 g/mol. The molecule has 1 aliphatic carbocycles. The number of carbonyl (C=O) groups excluding carboxylic acids is 1. The van der Waals surface area contributed by atoms with Crippen LogP contribution in [0.3, 0.4) is 0 Å². The summed E-state index contributed by atoms with van der Waals surface area (Å²) in [6.45, 7) is 5.55. The third kappa shape index (κ3) is 6.89. The van der Waals surface area contributed by atoms with Gasteiger partial charge in [-0.1, -0.05) is 12.8 Å². The van der Waals surface area contributed by atoms with Crippen molar-refractivity contribution >= 4 is 29.2 Å². The Morgan fingerprint density at radius 1 is 1.07 bits per heavy atom. The van der Waals surface area contributed by atoms with Crippen LogP contribution in [0.1, 0.15) is 55.6 Å². The molecule has 0 bridgehead atoms. The van der Waals surface area contributed by atoms with Gasteiger partial charge >= 0.3 is 12.3 Å². The van der Waals surface area contributed by atoms with Gasteiger partial charge in [-0.05, 0) is 62.4 Å². The first-order valence-electron chi connectivity index (χ1n) is 14.2. The summed E-state index contributed by atoms with van der Waals surface area (Å²) in [5, 5.41) is 6.05. The number of benzene rings is 1. The minimum atomic E-state index is -4.60. The van der Waals surface area contributed by atoms with Gasteiger partial charge in [0.1, 0.15) is 11.4 Å². The summed E-state index contributed by atoms with van der Waals surface area (Å²) in [5.41, 5.74) is 2.25. The maximum Gasteiger partial charge on any atom is 0.421 e. The van der Waals surface area contributed by atoms with Crippen LogP contribution >= 0.6 is 0 Å². The molecule has 2 N–H and O–H groups in total. The number of rotatable bonds is 9. The summed E-state index contributed by atoms with van der Waals surface area (Å²) >= 11 is 0. The third-order valence-corrected chi connectivity index (χ3v) is 7.99. The van der Waals surface area contributed by atoms with Crippen LogP contribution in [0.25, 0.3) is 0 Å². The molecule has 3 heterocycles. The smallest absolute Gasteiger partial charge is 0.421 e. The minimum absolute atomic E-state index is 0.113. The Morgan fingerprint density at radius 3 is 2.58 bits per heavy atom. The lowest BCUT2D eigenvalue weighted by Gasteiger charge is -2.34. The zero-order valence-electron chi connectivity index (χ0n) is 23.0. The van der Waals surface area contributed by atoms with Crippen LogP contribution in [-0.4, -0.2) is 85.3 Å². The van der Waals surface area contributed by atoms with E-state index in [4.69, 9.17) is 4.74 Å². The lowest BCUT2D eigenvalue weighted by atomic mass is 9.95. The van der Waals surface area contributed by atoms with E-state index in [0.717, 1.165) is 57.3 Å². The molecule has 40 heavy (non-hydrogen) atoms. The van der Waals surface area contributed by atoms with Gasteiger partial charge in [-0.15, -0.1) is 0 Å². The van der Waals surface area contributed by atoms with Gasteiger partial charge in [-0.3, -0.25) is 0 Å². The number of amides is 1. The molecule has 218 valence electrons. The number of carbonyl (C=O) groups is 1. The number of piperazine rings is 1. The fraction of sp³-hybridized carbons (Fsp3) is 0.607. The summed E-state index contributed by atoms with van der Waals surface area (Å²) in [6, 6.07) is 6.31. The maximum absolute atomic E-state index is 13.8. The number of likely N-dealkylation sites (N-methyl/N-ethyl adjacent to an activating group) is 1. The van der Waals surface area contributed by atoms with E-state index in [1.54, 1.807) is 4.90 Å². The molecule has 2 saturated heterocycles. The van der Waals surface area contributed by atoms with Crippen molar-refractivity contribution < 1.29 is 22.7 Å². The van der Waals surface area contributed by atoms with Gasteiger partial charge in [0, 0.05) is 63.4 Å². The maximum atomic E-state index is 13.8. The van der Waals surface area contributed by atoms with Crippen LogP contribution < -0.4 is 15.5 Å². The Kier molecular flexibility index (Phi) is 8.82. The summed E-state index contributed by atoms with van der Waals surface area (Å²) in [5.74, 6) is 0.229. The van der Waals surface area contributed by atoms with Crippen LogP contribution in [0.2, 0.25) is 0 Å². The molecule has 1 aromatic heterocycles. The number of halogens is 3. The van der Waals surface area contributed by atoms with Crippen molar-refractivity contribution in [3.8, 4) is 0 Å².